The van der Waals surface area contributed by atoms with Crippen LogP contribution in [0.4, 0.5) is 13.2 Å². The second-order valence-electron chi connectivity index (χ2n) is 2.37. The van der Waals surface area contributed by atoms with E-state index in [1.807, 2.05) is 0 Å². The summed E-state index contributed by atoms with van der Waals surface area (Å²) in [6.07, 6.45) is -1.97. The summed E-state index contributed by atoms with van der Waals surface area (Å²) in [5, 5.41) is 2.77. The van der Waals surface area contributed by atoms with Crippen LogP contribution in [0.15, 0.2) is 23.4 Å². The van der Waals surface area contributed by atoms with Gasteiger partial charge in [-0.1, -0.05) is 6.08 Å². The lowest BCUT2D eigenvalue weighted by Crippen LogP contribution is -2.21. The Balaban J connectivity index is 2.82. The van der Waals surface area contributed by atoms with Crippen molar-refractivity contribution in [3.05, 3.63) is 23.4 Å². The van der Waals surface area contributed by atoms with E-state index in [0.717, 1.165) is 12.2 Å². The maximum Gasteiger partial charge on any atom is 0.416 e. The zero-order valence-corrected chi connectivity index (χ0v) is 6.00. The van der Waals surface area contributed by atoms with Crippen molar-refractivity contribution in [2.75, 3.05) is 6.54 Å². The number of hydrogen-bond acceptors (Lipinski definition) is 1. The molecule has 0 saturated carbocycles. The molecule has 62 valence electrons. The van der Waals surface area contributed by atoms with Gasteiger partial charge in [0.2, 0.25) is 0 Å². The van der Waals surface area contributed by atoms with Gasteiger partial charge in [-0.25, -0.2) is 0 Å². The Morgan fingerprint density at radius 3 is 2.45 bits per heavy atom. The molecule has 1 heterocycles. The molecule has 0 unspecified atom stereocenters. The second kappa shape index (κ2) is 2.60. The normalized spacial score (nSPS) is 18.5. The summed E-state index contributed by atoms with van der Waals surface area (Å²) in [5.41, 5.74) is -0.00595. The number of nitrogens with one attached hydrogen (secondary N) is 1. The van der Waals surface area contributed by atoms with Gasteiger partial charge in [-0.2, -0.15) is 13.2 Å². The van der Waals surface area contributed by atoms with Gasteiger partial charge in [-0.3, -0.25) is 0 Å². The minimum Gasteiger partial charge on any atom is -0.385 e. The van der Waals surface area contributed by atoms with Crippen molar-refractivity contribution in [1.82, 2.24) is 5.32 Å². The molecule has 0 radical (unpaired) electrons. The van der Waals surface area contributed by atoms with Crippen molar-refractivity contribution in [2.24, 2.45) is 0 Å². The van der Waals surface area contributed by atoms with E-state index >= 15 is 0 Å². The molecule has 1 rings (SSSR count). The lowest BCUT2D eigenvalue weighted by Gasteiger charge is -2.14. The average Bonchev–Trinajstić information content (AvgIpc) is 1.86. The quantitative estimate of drug-likeness (QED) is 0.575. The molecule has 0 atom stereocenters. The lowest BCUT2D eigenvalue weighted by atomic mass is 10.1. The predicted octanol–water partition coefficient (Wildman–Crippen LogP) is 1.98. The molecule has 0 aliphatic carbocycles. The van der Waals surface area contributed by atoms with Gasteiger partial charge in [-0.15, -0.1) is 0 Å². The van der Waals surface area contributed by atoms with Crippen LogP contribution in [0.2, 0.25) is 0 Å². The van der Waals surface area contributed by atoms with Crippen LogP contribution in [0.1, 0.15) is 6.92 Å². The van der Waals surface area contributed by atoms with E-state index in [0.29, 0.717) is 5.70 Å². The number of hydrogen-bond donors (Lipinski definition) is 1. The molecule has 0 aromatic carbocycles. The Morgan fingerprint density at radius 2 is 2.09 bits per heavy atom. The summed E-state index contributed by atoms with van der Waals surface area (Å²) in [6.45, 7) is 1.87. The molecule has 0 bridgehead atoms. The van der Waals surface area contributed by atoms with Crippen molar-refractivity contribution in [1.29, 1.82) is 0 Å². The smallest absolute Gasteiger partial charge is 0.385 e. The minimum atomic E-state index is -4.20. The Morgan fingerprint density at radius 1 is 1.45 bits per heavy atom. The van der Waals surface area contributed by atoms with Crippen LogP contribution in [0, 0.1) is 0 Å². The highest BCUT2D eigenvalue weighted by molar-refractivity contribution is 5.30. The third-order valence-corrected chi connectivity index (χ3v) is 1.40. The molecular formula is C7H8F3N. The summed E-state index contributed by atoms with van der Waals surface area (Å²) >= 11 is 0. The number of dihydropyridines is 1. The van der Waals surface area contributed by atoms with E-state index in [2.05, 4.69) is 5.32 Å². The SMILES string of the molecule is CC1=CC(C(F)(F)F)=CCN1. The van der Waals surface area contributed by atoms with Gasteiger partial charge in [0.05, 0.1) is 5.57 Å². The molecule has 0 aromatic rings. The van der Waals surface area contributed by atoms with E-state index in [9.17, 15) is 13.2 Å². The fraction of sp³-hybridized carbons (Fsp3) is 0.429. The number of allylic oxidation sites excluding steroid dienone is 3. The van der Waals surface area contributed by atoms with Crippen molar-refractivity contribution in [2.45, 2.75) is 13.1 Å². The fourth-order valence-corrected chi connectivity index (χ4v) is 0.863. The van der Waals surface area contributed by atoms with Crippen molar-refractivity contribution >= 4 is 0 Å². The standard InChI is InChI=1S/C7H8F3N/c1-5-4-6(2-3-11-5)7(8,9)10/h2,4,11H,3H2,1H3. The Bertz CT molecular complexity index is 212. The summed E-state index contributed by atoms with van der Waals surface area (Å²) < 4.78 is 35.9. The van der Waals surface area contributed by atoms with Gasteiger partial charge in [0.15, 0.2) is 0 Å². The molecular weight excluding hydrogens is 155 g/mol. The minimum absolute atomic E-state index is 0.261. The molecule has 1 aliphatic heterocycles. The zero-order valence-electron chi connectivity index (χ0n) is 6.00. The maximum absolute atomic E-state index is 12.0. The van der Waals surface area contributed by atoms with Crippen molar-refractivity contribution < 1.29 is 13.2 Å². The van der Waals surface area contributed by atoms with Crippen LogP contribution in [-0.4, -0.2) is 12.7 Å². The molecule has 4 heteroatoms. The first-order valence-electron chi connectivity index (χ1n) is 3.19. The Hall–Kier alpha value is -0.930. The van der Waals surface area contributed by atoms with Crippen LogP contribution >= 0.6 is 0 Å². The van der Waals surface area contributed by atoms with Gasteiger partial charge in [0.25, 0.3) is 0 Å². The summed E-state index contributed by atoms with van der Waals surface area (Å²) in [4.78, 5) is 0. The van der Waals surface area contributed by atoms with Gasteiger partial charge >= 0.3 is 6.18 Å². The lowest BCUT2D eigenvalue weighted by molar-refractivity contribution is -0.0886. The molecule has 0 aromatic heterocycles. The first kappa shape index (κ1) is 8.17. The molecule has 0 fully saturated rings. The zero-order chi connectivity index (χ0) is 8.48. The van der Waals surface area contributed by atoms with E-state index in [1.54, 1.807) is 6.92 Å². The predicted molar refractivity (Wildman–Crippen MR) is 35.9 cm³/mol. The molecule has 1 nitrogen and oxygen atoms in total. The summed E-state index contributed by atoms with van der Waals surface area (Å²) in [5.74, 6) is 0. The third-order valence-electron chi connectivity index (χ3n) is 1.40. The molecule has 1 aliphatic rings. The van der Waals surface area contributed by atoms with E-state index in [1.165, 1.54) is 0 Å². The first-order chi connectivity index (χ1) is 5.00. The number of halogens is 3. The van der Waals surface area contributed by atoms with Crippen LogP contribution in [0.25, 0.3) is 0 Å². The fourth-order valence-electron chi connectivity index (χ4n) is 0.863. The number of rotatable bonds is 0. The highest BCUT2D eigenvalue weighted by atomic mass is 19.4. The average molecular weight is 163 g/mol. The van der Waals surface area contributed by atoms with Gasteiger partial charge in [0.1, 0.15) is 0 Å². The highest BCUT2D eigenvalue weighted by Crippen LogP contribution is 2.27. The summed E-state index contributed by atoms with van der Waals surface area (Å²) in [7, 11) is 0. The van der Waals surface area contributed by atoms with Crippen molar-refractivity contribution in [3.63, 3.8) is 0 Å². The van der Waals surface area contributed by atoms with Crippen LogP contribution < -0.4 is 5.32 Å². The molecule has 0 saturated heterocycles. The largest absolute Gasteiger partial charge is 0.416 e. The highest BCUT2D eigenvalue weighted by Gasteiger charge is 2.32. The maximum atomic E-state index is 12.0. The van der Waals surface area contributed by atoms with Crippen LogP contribution in [0.3, 0.4) is 0 Å². The van der Waals surface area contributed by atoms with Gasteiger partial charge in [0, 0.05) is 12.2 Å². The molecule has 0 spiro atoms. The van der Waals surface area contributed by atoms with E-state index in [-0.39, 0.29) is 6.54 Å². The van der Waals surface area contributed by atoms with Crippen LogP contribution in [-0.2, 0) is 0 Å². The topological polar surface area (TPSA) is 12.0 Å². The van der Waals surface area contributed by atoms with E-state index < -0.39 is 11.7 Å². The van der Waals surface area contributed by atoms with Crippen molar-refractivity contribution in [3.8, 4) is 0 Å². The van der Waals surface area contributed by atoms with E-state index in [4.69, 9.17) is 0 Å². The summed E-state index contributed by atoms with van der Waals surface area (Å²) in [6, 6.07) is 0. The molecule has 0 amide bonds. The second-order valence-corrected chi connectivity index (χ2v) is 2.37. The first-order valence-corrected chi connectivity index (χ1v) is 3.19. The van der Waals surface area contributed by atoms with Gasteiger partial charge in [-0.05, 0) is 13.0 Å². The van der Waals surface area contributed by atoms with Gasteiger partial charge < -0.3 is 5.32 Å². The third kappa shape index (κ3) is 2.00. The molecule has 1 N–H and O–H groups in total. The monoisotopic (exact) mass is 163 g/mol. The number of alkyl halides is 3. The Labute approximate surface area is 62.6 Å². The Kier molecular flexibility index (Phi) is 1.93. The molecule has 11 heavy (non-hydrogen) atoms. The van der Waals surface area contributed by atoms with Crippen LogP contribution in [0.5, 0.6) is 0 Å².